The number of hydrogen-bond acceptors (Lipinski definition) is 6. The molecule has 0 radical (unpaired) electrons. The van der Waals surface area contributed by atoms with Crippen LogP contribution in [0.4, 0.5) is 14.6 Å². The van der Waals surface area contributed by atoms with Gasteiger partial charge in [-0.15, -0.1) is 0 Å². The molecule has 3 aromatic rings. The Kier molecular flexibility index (Phi) is 8.18. The second-order valence-corrected chi connectivity index (χ2v) is 11.4. The van der Waals surface area contributed by atoms with E-state index in [0.29, 0.717) is 67.7 Å². The number of unbranched alkanes of at least 4 members (excludes halogenated alkanes) is 3. The molecule has 212 valence electrons. The number of nitrogens with zero attached hydrogens (tertiary/aromatic N) is 4. The van der Waals surface area contributed by atoms with E-state index in [1.807, 2.05) is 13.0 Å². The highest BCUT2D eigenvalue weighted by Crippen LogP contribution is 2.47. The first-order valence-corrected chi connectivity index (χ1v) is 14.6. The van der Waals surface area contributed by atoms with Crippen molar-refractivity contribution in [3.05, 3.63) is 63.7 Å². The zero-order valence-corrected chi connectivity index (χ0v) is 23.4. The molecule has 0 spiro atoms. The molecule has 1 aliphatic carbocycles. The molecule has 0 unspecified atom stereocenters. The fourth-order valence-electron chi connectivity index (χ4n) is 5.83. The van der Waals surface area contributed by atoms with E-state index < -0.39 is 17.3 Å². The molecule has 2 N–H and O–H groups in total. The maximum absolute atomic E-state index is 15.4. The molecule has 7 nitrogen and oxygen atoms in total. The van der Waals surface area contributed by atoms with Crippen LogP contribution in [0.25, 0.3) is 11.0 Å². The molecule has 3 heterocycles. The third kappa shape index (κ3) is 5.46. The fourth-order valence-corrected chi connectivity index (χ4v) is 5.83. The van der Waals surface area contributed by atoms with Crippen LogP contribution in [0.15, 0.2) is 41.5 Å². The zero-order chi connectivity index (χ0) is 28.3. The monoisotopic (exact) mass is 548 g/mol. The molecule has 2 fully saturated rings. The van der Waals surface area contributed by atoms with Crippen molar-refractivity contribution in [1.82, 2.24) is 19.9 Å². The first kappa shape index (κ1) is 28.2. The summed E-state index contributed by atoms with van der Waals surface area (Å²) in [4.78, 5) is 22.5. The minimum absolute atomic E-state index is 0.0333. The second-order valence-electron chi connectivity index (χ2n) is 11.4. The third-order valence-electron chi connectivity index (χ3n) is 8.57. The number of fused-ring (bicyclic) bond motifs is 1. The predicted octanol–water partition coefficient (Wildman–Crippen LogP) is 6.19. The van der Waals surface area contributed by atoms with Crippen LogP contribution in [0.3, 0.4) is 0 Å². The minimum Gasteiger partial charge on any atom is -0.363 e. The van der Waals surface area contributed by atoms with Gasteiger partial charge in [0.2, 0.25) is 0 Å². The van der Waals surface area contributed by atoms with Crippen molar-refractivity contribution in [2.45, 2.75) is 89.1 Å². The number of nitrogens with one attached hydrogen (secondary N) is 2. The van der Waals surface area contributed by atoms with Crippen molar-refractivity contribution < 1.29 is 8.78 Å². The molecule has 2 aromatic heterocycles. The number of benzene rings is 1. The molecule has 40 heavy (non-hydrogen) atoms. The number of aryl methyl sites for hydroxylation is 1. The molecule has 2 aliphatic rings. The van der Waals surface area contributed by atoms with Crippen LogP contribution in [0.1, 0.15) is 87.9 Å². The molecule has 1 saturated heterocycles. The van der Waals surface area contributed by atoms with Gasteiger partial charge in [0.25, 0.3) is 11.5 Å². The third-order valence-corrected chi connectivity index (χ3v) is 8.57. The number of anilines is 1. The highest BCUT2D eigenvalue weighted by atomic mass is 19.3. The van der Waals surface area contributed by atoms with E-state index in [4.69, 9.17) is 0 Å². The van der Waals surface area contributed by atoms with Crippen LogP contribution in [0, 0.1) is 17.2 Å². The summed E-state index contributed by atoms with van der Waals surface area (Å²) in [5.74, 6) is -3.07. The van der Waals surface area contributed by atoms with Crippen LogP contribution in [0.2, 0.25) is 0 Å². The minimum atomic E-state index is -2.90. The predicted molar refractivity (Wildman–Crippen MR) is 152 cm³/mol. The van der Waals surface area contributed by atoms with Crippen molar-refractivity contribution in [3.63, 3.8) is 0 Å². The molecule has 0 bridgehead atoms. The smallest absolute Gasteiger partial charge is 0.276 e. The van der Waals surface area contributed by atoms with Crippen molar-refractivity contribution in [2.24, 2.45) is 5.92 Å². The summed E-state index contributed by atoms with van der Waals surface area (Å²) in [5.41, 5.74) is 0.854. The summed E-state index contributed by atoms with van der Waals surface area (Å²) in [7, 11) is 0. The number of rotatable bonds is 11. The van der Waals surface area contributed by atoms with Crippen molar-refractivity contribution in [1.29, 1.82) is 5.26 Å². The van der Waals surface area contributed by atoms with Gasteiger partial charge in [-0.1, -0.05) is 44.4 Å². The van der Waals surface area contributed by atoms with E-state index in [0.717, 1.165) is 31.2 Å². The van der Waals surface area contributed by atoms with Crippen molar-refractivity contribution >= 4 is 16.9 Å². The Hall–Kier alpha value is -3.38. The van der Waals surface area contributed by atoms with Gasteiger partial charge in [-0.05, 0) is 69.8 Å². The lowest BCUT2D eigenvalue weighted by Gasteiger charge is -2.31. The van der Waals surface area contributed by atoms with E-state index in [2.05, 4.69) is 33.6 Å². The van der Waals surface area contributed by atoms with Crippen molar-refractivity contribution in [3.8, 4) is 6.07 Å². The molecular formula is C31H38F2N6O. The lowest BCUT2D eigenvalue weighted by molar-refractivity contribution is -0.0754. The zero-order valence-electron chi connectivity index (χ0n) is 23.4. The number of piperidine rings is 1. The average Bonchev–Trinajstić information content (AvgIpc) is 3.78. The number of halogens is 2. The number of alkyl halides is 2. The highest BCUT2D eigenvalue weighted by Gasteiger charge is 2.47. The summed E-state index contributed by atoms with van der Waals surface area (Å²) >= 11 is 0. The van der Waals surface area contributed by atoms with Gasteiger partial charge in [-0.25, -0.2) is 18.7 Å². The Labute approximate surface area is 234 Å². The molecular weight excluding hydrogens is 510 g/mol. The second kappa shape index (κ2) is 11.6. The Morgan fingerprint density at radius 3 is 2.67 bits per heavy atom. The largest absolute Gasteiger partial charge is 0.363 e. The van der Waals surface area contributed by atoms with Gasteiger partial charge >= 0.3 is 0 Å². The van der Waals surface area contributed by atoms with Crippen LogP contribution >= 0.6 is 0 Å². The molecule has 1 atom stereocenters. The average molecular weight is 549 g/mol. The Balaban J connectivity index is 1.48. The summed E-state index contributed by atoms with van der Waals surface area (Å²) in [6.45, 7) is 5.79. The van der Waals surface area contributed by atoms with E-state index in [1.54, 1.807) is 22.8 Å². The van der Waals surface area contributed by atoms with E-state index in [1.165, 1.54) is 12.4 Å². The Bertz CT molecular complexity index is 1450. The summed E-state index contributed by atoms with van der Waals surface area (Å²) in [6, 6.07) is 10.4. The molecule has 1 aromatic carbocycles. The molecule has 9 heteroatoms. The van der Waals surface area contributed by atoms with Crippen LogP contribution in [0.5, 0.6) is 0 Å². The van der Waals surface area contributed by atoms with Gasteiger partial charge in [0, 0.05) is 29.6 Å². The normalized spacial score (nSPS) is 17.9. The van der Waals surface area contributed by atoms with Crippen LogP contribution < -0.4 is 16.2 Å². The van der Waals surface area contributed by atoms with E-state index >= 15 is 8.78 Å². The van der Waals surface area contributed by atoms with E-state index in [9.17, 15) is 10.1 Å². The number of aromatic nitrogens is 3. The lowest BCUT2D eigenvalue weighted by atomic mass is 9.86. The quantitative estimate of drug-likeness (QED) is 0.277. The van der Waals surface area contributed by atoms with Gasteiger partial charge in [0.15, 0.2) is 0 Å². The van der Waals surface area contributed by atoms with E-state index in [-0.39, 0.29) is 17.2 Å². The molecule has 0 amide bonds. The molecule has 1 aliphatic heterocycles. The summed E-state index contributed by atoms with van der Waals surface area (Å²) in [5, 5.41) is 17.1. The number of hydrogen-bond donors (Lipinski definition) is 2. The maximum atomic E-state index is 15.4. The lowest BCUT2D eigenvalue weighted by Crippen LogP contribution is -2.36. The maximum Gasteiger partial charge on any atom is 0.276 e. The topological polar surface area (TPSA) is 95.6 Å². The fraction of sp³-hybridized carbons (Fsp3) is 0.548. The standard InChI is InChI=1S/C31H38F2N6O/c1-3-4-5-6-16-39-28-25(18-26(29(39)40)30(19-34)12-13-30)27(36-20-37-28)38-21(2)22-8-7-9-24(17-22)31(32,33)23-10-14-35-15-11-23/h7-9,17-18,20-21,23,35H,3-6,10-16H2,1-2H3,(H,36,37,38)/t21-/m1/s1. The molecule has 1 saturated carbocycles. The SMILES string of the molecule is CCCCCCn1c(=O)c(C2(C#N)CC2)cc2c(N[C@H](C)c3cccc(C(F)(F)C4CCNCC4)c3)ncnc21. The summed E-state index contributed by atoms with van der Waals surface area (Å²) in [6.07, 6.45) is 7.66. The highest BCUT2D eigenvalue weighted by molar-refractivity contribution is 5.87. The Morgan fingerprint density at radius 1 is 1.20 bits per heavy atom. The first-order chi connectivity index (χ1) is 19.3. The van der Waals surface area contributed by atoms with Gasteiger partial charge in [-0.3, -0.25) is 9.36 Å². The van der Waals surface area contributed by atoms with Gasteiger partial charge < -0.3 is 10.6 Å². The number of nitriles is 1. The van der Waals surface area contributed by atoms with Crippen LogP contribution in [-0.2, 0) is 17.9 Å². The number of pyridine rings is 1. The first-order valence-electron chi connectivity index (χ1n) is 14.6. The van der Waals surface area contributed by atoms with Gasteiger partial charge in [-0.2, -0.15) is 5.26 Å². The van der Waals surface area contributed by atoms with Crippen LogP contribution in [-0.4, -0.2) is 27.6 Å². The van der Waals surface area contributed by atoms with Gasteiger partial charge in [0.05, 0.1) is 16.9 Å². The van der Waals surface area contributed by atoms with Gasteiger partial charge in [0.1, 0.15) is 17.8 Å². The molecule has 5 rings (SSSR count). The Morgan fingerprint density at radius 2 is 1.98 bits per heavy atom. The summed E-state index contributed by atoms with van der Waals surface area (Å²) < 4.78 is 32.5. The van der Waals surface area contributed by atoms with Crippen molar-refractivity contribution in [2.75, 3.05) is 18.4 Å².